The summed E-state index contributed by atoms with van der Waals surface area (Å²) in [6.07, 6.45) is 3.75. The molecule has 0 saturated heterocycles. The van der Waals surface area contributed by atoms with Crippen molar-refractivity contribution in [2.45, 2.75) is 22.6 Å². The maximum Gasteiger partial charge on any atom is 0.177 e. The van der Waals surface area contributed by atoms with Gasteiger partial charge in [0.05, 0.1) is 15.5 Å². The van der Waals surface area contributed by atoms with Crippen LogP contribution in [-0.2, 0) is 19.7 Å². The summed E-state index contributed by atoms with van der Waals surface area (Å²) in [7, 11) is -6.95. The van der Waals surface area contributed by atoms with Crippen LogP contribution in [0.5, 0.6) is 0 Å². The van der Waals surface area contributed by atoms with Gasteiger partial charge in [0.25, 0.3) is 0 Å². The number of sulfone groups is 2. The molecule has 0 bridgehead atoms. The Balaban J connectivity index is 3.12. The van der Waals surface area contributed by atoms with Gasteiger partial charge in [0, 0.05) is 19.1 Å². The van der Waals surface area contributed by atoms with Crippen LogP contribution in [0.1, 0.15) is 12.8 Å². The molecule has 8 heteroatoms. The van der Waals surface area contributed by atoms with Crippen LogP contribution in [0.4, 0.5) is 5.69 Å². The van der Waals surface area contributed by atoms with Gasteiger partial charge >= 0.3 is 0 Å². The van der Waals surface area contributed by atoms with Crippen molar-refractivity contribution in [2.24, 2.45) is 5.73 Å². The molecule has 1 aromatic rings. The molecule has 0 unspecified atom stereocenters. The lowest BCUT2D eigenvalue weighted by Gasteiger charge is -2.12. The summed E-state index contributed by atoms with van der Waals surface area (Å²) >= 11 is 0. The average Bonchev–Trinajstić information content (AvgIpc) is 2.32. The molecule has 0 radical (unpaired) electrons. The topological polar surface area (TPSA) is 106 Å². The zero-order chi connectivity index (χ0) is 15.4. The molecule has 0 aliphatic heterocycles. The lowest BCUT2D eigenvalue weighted by molar-refractivity contribution is 0.600. The molecule has 3 N–H and O–H groups in total. The Morgan fingerprint density at radius 3 is 2.20 bits per heavy atom. The zero-order valence-corrected chi connectivity index (χ0v) is 13.2. The van der Waals surface area contributed by atoms with Gasteiger partial charge in [0.2, 0.25) is 0 Å². The van der Waals surface area contributed by atoms with Crippen LogP contribution in [0, 0.1) is 0 Å². The molecule has 20 heavy (non-hydrogen) atoms. The molecule has 114 valence electrons. The third kappa shape index (κ3) is 4.77. The first-order valence-corrected chi connectivity index (χ1v) is 9.92. The van der Waals surface area contributed by atoms with Crippen LogP contribution in [0.2, 0.25) is 0 Å². The van der Waals surface area contributed by atoms with E-state index in [1.54, 1.807) is 0 Å². The minimum Gasteiger partial charge on any atom is -0.384 e. The highest BCUT2D eigenvalue weighted by Gasteiger charge is 2.17. The standard InChI is InChI=1S/C12H20N2O4S2/c1-19(15,16)10-5-6-11(14-8-4-3-7-13)12(9-10)20(2,17)18/h5-6,9,14H,3-4,7-8,13H2,1-2H3. The van der Waals surface area contributed by atoms with Crippen LogP contribution in [-0.4, -0.2) is 42.4 Å². The summed E-state index contributed by atoms with van der Waals surface area (Å²) in [5.74, 6) is 0. The summed E-state index contributed by atoms with van der Waals surface area (Å²) in [5.41, 5.74) is 5.80. The fourth-order valence-corrected chi connectivity index (χ4v) is 3.28. The van der Waals surface area contributed by atoms with E-state index in [1.165, 1.54) is 18.2 Å². The number of hydrogen-bond acceptors (Lipinski definition) is 6. The van der Waals surface area contributed by atoms with Crippen molar-refractivity contribution in [3.8, 4) is 0 Å². The number of hydrogen-bond donors (Lipinski definition) is 2. The second-order valence-corrected chi connectivity index (χ2v) is 8.62. The van der Waals surface area contributed by atoms with Crippen molar-refractivity contribution in [1.82, 2.24) is 0 Å². The molecule has 0 aliphatic carbocycles. The van der Waals surface area contributed by atoms with Crippen molar-refractivity contribution >= 4 is 25.4 Å². The Morgan fingerprint density at radius 1 is 1.05 bits per heavy atom. The van der Waals surface area contributed by atoms with Crippen LogP contribution in [0.15, 0.2) is 28.0 Å². The number of nitrogens with two attached hydrogens (primary N) is 1. The van der Waals surface area contributed by atoms with Crippen LogP contribution >= 0.6 is 0 Å². The molecule has 1 rings (SSSR count). The molecular weight excluding hydrogens is 300 g/mol. The predicted molar refractivity (Wildman–Crippen MR) is 79.4 cm³/mol. The quantitative estimate of drug-likeness (QED) is 0.714. The predicted octanol–water partition coefficient (Wildman–Crippen LogP) is 0.644. The van der Waals surface area contributed by atoms with Crippen molar-refractivity contribution < 1.29 is 16.8 Å². The van der Waals surface area contributed by atoms with Crippen LogP contribution in [0.25, 0.3) is 0 Å². The Bertz CT molecular complexity index is 667. The lowest BCUT2D eigenvalue weighted by Crippen LogP contribution is -2.10. The molecule has 0 spiro atoms. The van der Waals surface area contributed by atoms with Gasteiger partial charge in [-0.25, -0.2) is 16.8 Å². The first kappa shape index (κ1) is 16.9. The molecule has 0 heterocycles. The summed E-state index contributed by atoms with van der Waals surface area (Å²) in [5, 5.41) is 3.00. The third-order valence-corrected chi connectivity index (χ3v) is 4.97. The fraction of sp³-hybridized carbons (Fsp3) is 0.500. The van der Waals surface area contributed by atoms with Gasteiger partial charge in [0.15, 0.2) is 19.7 Å². The van der Waals surface area contributed by atoms with E-state index in [2.05, 4.69) is 5.32 Å². The van der Waals surface area contributed by atoms with E-state index in [0.29, 0.717) is 18.8 Å². The minimum atomic E-state index is -3.51. The highest BCUT2D eigenvalue weighted by atomic mass is 32.2. The molecule has 0 fully saturated rings. The second kappa shape index (κ2) is 6.55. The largest absolute Gasteiger partial charge is 0.384 e. The summed E-state index contributed by atoms with van der Waals surface area (Å²) < 4.78 is 46.5. The summed E-state index contributed by atoms with van der Waals surface area (Å²) in [6, 6.07) is 4.07. The van der Waals surface area contributed by atoms with Gasteiger partial charge in [-0.2, -0.15) is 0 Å². The molecule has 1 aromatic carbocycles. The summed E-state index contributed by atoms with van der Waals surface area (Å²) in [4.78, 5) is -0.0152. The number of unbranched alkanes of at least 4 members (excludes halogenated alkanes) is 1. The number of benzene rings is 1. The number of nitrogens with one attached hydrogen (secondary N) is 1. The maximum absolute atomic E-state index is 11.8. The highest BCUT2D eigenvalue weighted by Crippen LogP contribution is 2.25. The molecule has 0 aliphatic rings. The molecule has 0 saturated carbocycles. The van der Waals surface area contributed by atoms with Crippen molar-refractivity contribution in [3.63, 3.8) is 0 Å². The van der Waals surface area contributed by atoms with E-state index < -0.39 is 19.7 Å². The van der Waals surface area contributed by atoms with Gasteiger partial charge in [-0.05, 0) is 37.6 Å². The van der Waals surface area contributed by atoms with Crippen LogP contribution < -0.4 is 11.1 Å². The van der Waals surface area contributed by atoms with Crippen molar-refractivity contribution in [1.29, 1.82) is 0 Å². The van der Waals surface area contributed by atoms with E-state index in [4.69, 9.17) is 5.73 Å². The molecule has 0 aromatic heterocycles. The monoisotopic (exact) mass is 320 g/mol. The molecule has 6 nitrogen and oxygen atoms in total. The fourth-order valence-electron chi connectivity index (χ4n) is 1.68. The highest BCUT2D eigenvalue weighted by molar-refractivity contribution is 7.91. The van der Waals surface area contributed by atoms with Gasteiger partial charge in [-0.3, -0.25) is 0 Å². The van der Waals surface area contributed by atoms with Crippen molar-refractivity contribution in [3.05, 3.63) is 18.2 Å². The lowest BCUT2D eigenvalue weighted by atomic mass is 10.3. The van der Waals surface area contributed by atoms with Gasteiger partial charge in [-0.15, -0.1) is 0 Å². The van der Waals surface area contributed by atoms with E-state index >= 15 is 0 Å². The average molecular weight is 320 g/mol. The van der Waals surface area contributed by atoms with E-state index in [9.17, 15) is 16.8 Å². The SMILES string of the molecule is CS(=O)(=O)c1ccc(NCCCCN)c(S(C)(=O)=O)c1. The first-order valence-electron chi connectivity index (χ1n) is 6.14. The van der Waals surface area contributed by atoms with E-state index in [-0.39, 0.29) is 9.79 Å². The Hall–Kier alpha value is -1.12. The van der Waals surface area contributed by atoms with E-state index in [0.717, 1.165) is 25.4 Å². The Labute approximate surface area is 120 Å². The Morgan fingerprint density at radius 2 is 1.70 bits per heavy atom. The van der Waals surface area contributed by atoms with Gasteiger partial charge in [-0.1, -0.05) is 0 Å². The maximum atomic E-state index is 11.8. The first-order chi connectivity index (χ1) is 9.16. The molecule has 0 amide bonds. The Kier molecular flexibility index (Phi) is 5.55. The van der Waals surface area contributed by atoms with E-state index in [1.807, 2.05) is 0 Å². The number of anilines is 1. The second-order valence-electron chi connectivity index (χ2n) is 4.62. The van der Waals surface area contributed by atoms with Gasteiger partial charge in [0.1, 0.15) is 0 Å². The summed E-state index contributed by atoms with van der Waals surface area (Å²) in [6.45, 7) is 1.16. The van der Waals surface area contributed by atoms with Crippen molar-refractivity contribution in [2.75, 3.05) is 30.9 Å². The minimum absolute atomic E-state index is 0.00632. The van der Waals surface area contributed by atoms with Crippen LogP contribution in [0.3, 0.4) is 0 Å². The smallest absolute Gasteiger partial charge is 0.177 e. The normalized spacial score (nSPS) is 12.3. The van der Waals surface area contributed by atoms with Gasteiger partial charge < -0.3 is 11.1 Å². The molecular formula is C12H20N2O4S2. The number of rotatable bonds is 7. The zero-order valence-electron chi connectivity index (χ0n) is 11.6. The molecule has 0 atom stereocenters. The third-order valence-electron chi connectivity index (χ3n) is 2.73.